The first kappa shape index (κ1) is 17.2. The lowest BCUT2D eigenvalue weighted by Gasteiger charge is -2.07. The van der Waals surface area contributed by atoms with Crippen LogP contribution in [0.25, 0.3) is 10.9 Å². The molecule has 0 aliphatic heterocycles. The molecular weight excluding hydrogens is 399 g/mol. The van der Waals surface area contributed by atoms with E-state index in [1.54, 1.807) is 6.20 Å². The van der Waals surface area contributed by atoms with E-state index in [1.807, 2.05) is 18.2 Å². The van der Waals surface area contributed by atoms with Crippen molar-refractivity contribution in [3.8, 4) is 0 Å². The SMILES string of the molecule is O=C(N/N=C\c1c[nH]c2ccc(Br)cc12)c1cccc(C(F)(F)F)c1. The lowest BCUT2D eigenvalue weighted by molar-refractivity contribution is -0.137. The summed E-state index contributed by atoms with van der Waals surface area (Å²) in [7, 11) is 0. The summed E-state index contributed by atoms with van der Waals surface area (Å²) in [6.07, 6.45) is -1.36. The van der Waals surface area contributed by atoms with Gasteiger partial charge in [-0.15, -0.1) is 0 Å². The van der Waals surface area contributed by atoms with Crippen LogP contribution in [0.5, 0.6) is 0 Å². The van der Waals surface area contributed by atoms with Crippen molar-refractivity contribution in [3.63, 3.8) is 0 Å². The first-order valence-electron chi connectivity index (χ1n) is 7.12. The zero-order valence-electron chi connectivity index (χ0n) is 12.6. The van der Waals surface area contributed by atoms with E-state index >= 15 is 0 Å². The maximum absolute atomic E-state index is 12.7. The summed E-state index contributed by atoms with van der Waals surface area (Å²) < 4.78 is 38.9. The van der Waals surface area contributed by atoms with Gasteiger partial charge in [0.1, 0.15) is 0 Å². The molecular formula is C17H11BrF3N3O. The highest BCUT2D eigenvalue weighted by atomic mass is 79.9. The number of hydrogen-bond donors (Lipinski definition) is 2. The topological polar surface area (TPSA) is 57.2 Å². The molecule has 3 rings (SSSR count). The van der Waals surface area contributed by atoms with Crippen molar-refractivity contribution in [1.82, 2.24) is 10.4 Å². The van der Waals surface area contributed by atoms with Gasteiger partial charge in [-0.05, 0) is 36.4 Å². The number of carbonyl (C=O) groups excluding carboxylic acids is 1. The molecule has 0 aliphatic carbocycles. The van der Waals surface area contributed by atoms with Crippen molar-refractivity contribution in [2.75, 3.05) is 0 Å². The average Bonchev–Trinajstić information content (AvgIpc) is 2.96. The third-order valence-electron chi connectivity index (χ3n) is 3.50. The number of aromatic nitrogens is 1. The minimum atomic E-state index is -4.50. The predicted molar refractivity (Wildman–Crippen MR) is 92.5 cm³/mol. The minimum absolute atomic E-state index is 0.117. The van der Waals surface area contributed by atoms with Gasteiger partial charge in [-0.1, -0.05) is 22.0 Å². The Hall–Kier alpha value is -2.61. The monoisotopic (exact) mass is 409 g/mol. The highest BCUT2D eigenvalue weighted by molar-refractivity contribution is 9.10. The van der Waals surface area contributed by atoms with Gasteiger partial charge in [0.05, 0.1) is 11.8 Å². The number of rotatable bonds is 3. The molecule has 2 N–H and O–H groups in total. The molecule has 3 aromatic rings. The maximum atomic E-state index is 12.7. The predicted octanol–water partition coefficient (Wildman–Crippen LogP) is 4.71. The standard InChI is InChI=1S/C17H11BrF3N3O/c18-13-4-5-15-14(7-13)11(8-22-15)9-23-24-16(25)10-2-1-3-12(6-10)17(19,20)21/h1-9,22H,(H,24,25)/b23-9-. The average molecular weight is 410 g/mol. The van der Waals surface area contributed by atoms with Gasteiger partial charge in [0.2, 0.25) is 0 Å². The molecule has 1 amide bonds. The van der Waals surface area contributed by atoms with Gasteiger partial charge in [-0.3, -0.25) is 4.79 Å². The first-order valence-corrected chi connectivity index (χ1v) is 7.91. The number of H-pyrrole nitrogens is 1. The van der Waals surface area contributed by atoms with E-state index in [0.29, 0.717) is 0 Å². The second-order valence-electron chi connectivity index (χ2n) is 5.21. The molecule has 8 heteroatoms. The fraction of sp³-hybridized carbons (Fsp3) is 0.0588. The summed E-state index contributed by atoms with van der Waals surface area (Å²) in [5.41, 5.74) is 2.87. The van der Waals surface area contributed by atoms with Crippen LogP contribution in [0.2, 0.25) is 0 Å². The molecule has 128 valence electrons. The van der Waals surface area contributed by atoms with Crippen LogP contribution in [0, 0.1) is 0 Å². The van der Waals surface area contributed by atoms with Crippen LogP contribution in [0.4, 0.5) is 13.2 Å². The Morgan fingerprint density at radius 2 is 2.00 bits per heavy atom. The number of carbonyl (C=O) groups is 1. The van der Waals surface area contributed by atoms with Crippen molar-refractivity contribution < 1.29 is 18.0 Å². The van der Waals surface area contributed by atoms with E-state index in [1.165, 1.54) is 18.3 Å². The summed E-state index contributed by atoms with van der Waals surface area (Å²) in [6.45, 7) is 0. The Bertz CT molecular complexity index is 963. The Labute approximate surface area is 148 Å². The summed E-state index contributed by atoms with van der Waals surface area (Å²) in [6, 6.07) is 9.83. The van der Waals surface area contributed by atoms with E-state index in [0.717, 1.165) is 33.1 Å². The number of nitrogens with zero attached hydrogens (tertiary/aromatic N) is 1. The maximum Gasteiger partial charge on any atom is 0.416 e. The minimum Gasteiger partial charge on any atom is -0.361 e. The molecule has 0 saturated heterocycles. The molecule has 0 bridgehead atoms. The van der Waals surface area contributed by atoms with Gasteiger partial charge in [-0.2, -0.15) is 18.3 Å². The van der Waals surface area contributed by atoms with Crippen LogP contribution in [-0.2, 0) is 6.18 Å². The molecule has 0 atom stereocenters. The van der Waals surface area contributed by atoms with E-state index in [-0.39, 0.29) is 5.56 Å². The second-order valence-corrected chi connectivity index (χ2v) is 6.13. The molecule has 0 radical (unpaired) electrons. The number of hydrogen-bond acceptors (Lipinski definition) is 2. The normalized spacial score (nSPS) is 12.0. The number of benzene rings is 2. The molecule has 0 unspecified atom stereocenters. The van der Waals surface area contributed by atoms with Crippen LogP contribution in [0.3, 0.4) is 0 Å². The zero-order chi connectivity index (χ0) is 18.0. The van der Waals surface area contributed by atoms with Crippen molar-refractivity contribution in [1.29, 1.82) is 0 Å². The third-order valence-corrected chi connectivity index (χ3v) is 3.99. The van der Waals surface area contributed by atoms with Crippen LogP contribution in [0.1, 0.15) is 21.5 Å². The van der Waals surface area contributed by atoms with Crippen LogP contribution >= 0.6 is 15.9 Å². The quantitative estimate of drug-likeness (QED) is 0.477. The fourth-order valence-corrected chi connectivity index (χ4v) is 2.64. The van der Waals surface area contributed by atoms with Crippen molar-refractivity contribution in [2.45, 2.75) is 6.18 Å². The second kappa shape index (κ2) is 6.72. The third kappa shape index (κ3) is 3.90. The Kier molecular flexibility index (Phi) is 4.63. The van der Waals surface area contributed by atoms with E-state index in [4.69, 9.17) is 0 Å². The summed E-state index contributed by atoms with van der Waals surface area (Å²) in [5, 5.41) is 4.72. The van der Waals surface area contributed by atoms with Crippen molar-refractivity contribution in [2.24, 2.45) is 5.10 Å². The van der Waals surface area contributed by atoms with Gasteiger partial charge in [-0.25, -0.2) is 5.43 Å². The number of hydrazone groups is 1. The summed E-state index contributed by atoms with van der Waals surface area (Å²) in [4.78, 5) is 15.0. The Morgan fingerprint density at radius 1 is 1.20 bits per heavy atom. The van der Waals surface area contributed by atoms with Crippen molar-refractivity contribution >= 4 is 39.0 Å². The van der Waals surface area contributed by atoms with Crippen LogP contribution in [0.15, 0.2) is 58.2 Å². The molecule has 0 spiro atoms. The smallest absolute Gasteiger partial charge is 0.361 e. The van der Waals surface area contributed by atoms with E-state index in [9.17, 15) is 18.0 Å². The van der Waals surface area contributed by atoms with Gasteiger partial charge in [0.15, 0.2) is 0 Å². The Morgan fingerprint density at radius 3 is 2.76 bits per heavy atom. The highest BCUT2D eigenvalue weighted by Gasteiger charge is 2.30. The molecule has 1 heterocycles. The molecule has 25 heavy (non-hydrogen) atoms. The van der Waals surface area contributed by atoms with Gasteiger partial charge >= 0.3 is 6.18 Å². The van der Waals surface area contributed by atoms with E-state index in [2.05, 4.69) is 31.4 Å². The summed E-state index contributed by atoms with van der Waals surface area (Å²) in [5.74, 6) is -0.719. The highest BCUT2D eigenvalue weighted by Crippen LogP contribution is 2.29. The zero-order valence-corrected chi connectivity index (χ0v) is 14.1. The fourth-order valence-electron chi connectivity index (χ4n) is 2.28. The van der Waals surface area contributed by atoms with Crippen LogP contribution in [-0.4, -0.2) is 17.1 Å². The van der Waals surface area contributed by atoms with Gasteiger partial charge in [0, 0.05) is 32.7 Å². The summed E-state index contributed by atoms with van der Waals surface area (Å²) >= 11 is 3.38. The van der Waals surface area contributed by atoms with Gasteiger partial charge < -0.3 is 4.98 Å². The number of alkyl halides is 3. The number of aromatic amines is 1. The Balaban J connectivity index is 1.75. The molecule has 0 fully saturated rings. The molecule has 0 aliphatic rings. The number of halogens is 4. The molecule has 4 nitrogen and oxygen atoms in total. The number of amides is 1. The number of fused-ring (bicyclic) bond motifs is 1. The van der Waals surface area contributed by atoms with Crippen LogP contribution < -0.4 is 5.43 Å². The largest absolute Gasteiger partial charge is 0.416 e. The first-order chi connectivity index (χ1) is 11.8. The molecule has 2 aromatic carbocycles. The lowest BCUT2D eigenvalue weighted by Crippen LogP contribution is -2.18. The lowest BCUT2D eigenvalue weighted by atomic mass is 10.1. The number of nitrogens with one attached hydrogen (secondary N) is 2. The molecule has 0 saturated carbocycles. The van der Waals surface area contributed by atoms with E-state index < -0.39 is 17.6 Å². The van der Waals surface area contributed by atoms with Crippen molar-refractivity contribution in [3.05, 3.63) is 69.8 Å². The van der Waals surface area contributed by atoms with Gasteiger partial charge in [0.25, 0.3) is 5.91 Å². The molecule has 1 aromatic heterocycles.